The van der Waals surface area contributed by atoms with Crippen molar-refractivity contribution in [3.63, 3.8) is 0 Å². The van der Waals surface area contributed by atoms with E-state index in [0.717, 1.165) is 6.54 Å². The number of nitrogens with zero attached hydrogens (tertiary/aromatic N) is 2. The van der Waals surface area contributed by atoms with Gasteiger partial charge in [-0.05, 0) is 27.4 Å². The van der Waals surface area contributed by atoms with Gasteiger partial charge in [0.05, 0.1) is 5.75 Å². The first-order chi connectivity index (χ1) is 7.88. The van der Waals surface area contributed by atoms with Crippen LogP contribution in [0.1, 0.15) is 20.8 Å². The summed E-state index contributed by atoms with van der Waals surface area (Å²) in [5.74, 6) is 0.198. The van der Waals surface area contributed by atoms with Crippen LogP contribution in [0.25, 0.3) is 0 Å². The summed E-state index contributed by atoms with van der Waals surface area (Å²) in [6, 6.07) is 0.570. The minimum atomic E-state index is -3.10. The van der Waals surface area contributed by atoms with Crippen molar-refractivity contribution in [3.05, 3.63) is 0 Å². The molecule has 0 amide bonds. The maximum Gasteiger partial charge on any atom is 0.215 e. The van der Waals surface area contributed by atoms with Crippen molar-refractivity contribution in [1.82, 2.24) is 14.5 Å². The fourth-order valence-electron chi connectivity index (χ4n) is 2.09. The summed E-state index contributed by atoms with van der Waals surface area (Å²) in [6.45, 7) is 8.68. The number of likely N-dealkylation sites (N-methyl/N-ethyl adjacent to an activating group) is 1. The number of nitrogens with one attached hydrogen (secondary N) is 1. The number of sulfonamides is 1. The summed E-state index contributed by atoms with van der Waals surface area (Å²) in [5.41, 5.74) is 0. The zero-order valence-electron chi connectivity index (χ0n) is 11.3. The molecule has 0 spiro atoms. The standard InChI is InChI=1S/C11H25N3O2S/c1-5-12-6-7-17(15,16)14-8-10(2)13(4)11(3)9-14/h10-12H,5-9H2,1-4H3. The summed E-state index contributed by atoms with van der Waals surface area (Å²) in [6.07, 6.45) is 0. The molecule has 1 N–H and O–H groups in total. The third-order valence-electron chi connectivity index (χ3n) is 3.51. The van der Waals surface area contributed by atoms with Gasteiger partial charge in [-0.2, -0.15) is 4.31 Å². The van der Waals surface area contributed by atoms with Gasteiger partial charge in [0, 0.05) is 31.7 Å². The highest BCUT2D eigenvalue weighted by Gasteiger charge is 2.32. The maximum absolute atomic E-state index is 12.1. The lowest BCUT2D eigenvalue weighted by Gasteiger charge is -2.41. The predicted octanol–water partition coefficient (Wildman–Crippen LogP) is -0.0499. The molecule has 1 rings (SSSR count). The van der Waals surface area contributed by atoms with Gasteiger partial charge in [0.2, 0.25) is 10.0 Å². The molecule has 6 heteroatoms. The zero-order valence-corrected chi connectivity index (χ0v) is 12.1. The van der Waals surface area contributed by atoms with E-state index in [2.05, 4.69) is 31.1 Å². The van der Waals surface area contributed by atoms with Crippen LogP contribution in [-0.4, -0.2) is 68.7 Å². The third-order valence-corrected chi connectivity index (χ3v) is 5.31. The van der Waals surface area contributed by atoms with Crippen LogP contribution in [-0.2, 0) is 10.0 Å². The first kappa shape index (κ1) is 14.9. The van der Waals surface area contributed by atoms with E-state index >= 15 is 0 Å². The van der Waals surface area contributed by atoms with E-state index in [1.54, 1.807) is 4.31 Å². The molecule has 1 fully saturated rings. The van der Waals surface area contributed by atoms with Crippen LogP contribution in [0.15, 0.2) is 0 Å². The van der Waals surface area contributed by atoms with Crippen LogP contribution in [0, 0.1) is 0 Å². The molecule has 1 aliphatic rings. The molecule has 0 bridgehead atoms. The van der Waals surface area contributed by atoms with Crippen molar-refractivity contribution in [3.8, 4) is 0 Å². The average Bonchev–Trinajstić information content (AvgIpc) is 2.25. The Hall–Kier alpha value is -0.170. The summed E-state index contributed by atoms with van der Waals surface area (Å²) in [5, 5.41) is 3.06. The van der Waals surface area contributed by atoms with Gasteiger partial charge in [-0.3, -0.25) is 4.90 Å². The Labute approximate surface area is 105 Å². The molecule has 0 radical (unpaired) electrons. The summed E-state index contributed by atoms with van der Waals surface area (Å²) < 4.78 is 25.9. The second-order valence-electron chi connectivity index (χ2n) is 4.85. The fraction of sp³-hybridized carbons (Fsp3) is 1.00. The van der Waals surface area contributed by atoms with Crippen molar-refractivity contribution < 1.29 is 8.42 Å². The highest BCUT2D eigenvalue weighted by molar-refractivity contribution is 7.89. The van der Waals surface area contributed by atoms with Crippen molar-refractivity contribution in [2.45, 2.75) is 32.9 Å². The number of hydrogen-bond acceptors (Lipinski definition) is 4. The highest BCUT2D eigenvalue weighted by atomic mass is 32.2. The molecule has 17 heavy (non-hydrogen) atoms. The Bertz CT molecular complexity index is 320. The van der Waals surface area contributed by atoms with Crippen LogP contribution in [0.4, 0.5) is 0 Å². The lowest BCUT2D eigenvalue weighted by Crippen LogP contribution is -2.57. The highest BCUT2D eigenvalue weighted by Crippen LogP contribution is 2.16. The average molecular weight is 263 g/mol. The molecule has 1 heterocycles. The Balaban J connectivity index is 2.60. The van der Waals surface area contributed by atoms with Gasteiger partial charge in [0.25, 0.3) is 0 Å². The summed E-state index contributed by atoms with van der Waals surface area (Å²) >= 11 is 0. The molecule has 0 aliphatic carbocycles. The minimum absolute atomic E-state index is 0.198. The molecule has 1 saturated heterocycles. The number of piperazine rings is 1. The summed E-state index contributed by atoms with van der Waals surface area (Å²) in [7, 11) is -1.05. The van der Waals surface area contributed by atoms with Gasteiger partial charge < -0.3 is 5.32 Å². The first-order valence-electron chi connectivity index (χ1n) is 6.29. The predicted molar refractivity (Wildman–Crippen MR) is 70.6 cm³/mol. The zero-order chi connectivity index (χ0) is 13.1. The molecule has 0 aromatic rings. The monoisotopic (exact) mass is 263 g/mol. The Morgan fingerprint density at radius 2 is 1.76 bits per heavy atom. The molecule has 0 aromatic carbocycles. The smallest absolute Gasteiger partial charge is 0.215 e. The fourth-order valence-corrected chi connectivity index (χ4v) is 3.64. The minimum Gasteiger partial charge on any atom is -0.316 e. The SMILES string of the molecule is CCNCCS(=O)(=O)N1CC(C)N(C)C(C)C1. The van der Waals surface area contributed by atoms with Gasteiger partial charge in [-0.25, -0.2) is 8.42 Å². The second kappa shape index (κ2) is 6.13. The Morgan fingerprint density at radius 1 is 1.24 bits per heavy atom. The van der Waals surface area contributed by atoms with Gasteiger partial charge >= 0.3 is 0 Å². The van der Waals surface area contributed by atoms with Gasteiger partial charge in [-0.15, -0.1) is 0 Å². The lowest BCUT2D eigenvalue weighted by atomic mass is 10.1. The summed E-state index contributed by atoms with van der Waals surface area (Å²) in [4.78, 5) is 2.23. The number of rotatable bonds is 5. The van der Waals surface area contributed by atoms with Crippen molar-refractivity contribution in [1.29, 1.82) is 0 Å². The molecule has 1 aliphatic heterocycles. The molecule has 0 saturated carbocycles. The molecule has 2 unspecified atom stereocenters. The van der Waals surface area contributed by atoms with Crippen molar-refractivity contribution in [2.75, 3.05) is 39.0 Å². The van der Waals surface area contributed by atoms with E-state index in [1.807, 2.05) is 6.92 Å². The van der Waals surface area contributed by atoms with Gasteiger partial charge in [-0.1, -0.05) is 6.92 Å². The van der Waals surface area contributed by atoms with Gasteiger partial charge in [0.15, 0.2) is 0 Å². The van der Waals surface area contributed by atoms with Crippen molar-refractivity contribution >= 4 is 10.0 Å². The molecule has 2 atom stereocenters. The maximum atomic E-state index is 12.1. The lowest BCUT2D eigenvalue weighted by molar-refractivity contribution is 0.105. The number of hydrogen-bond donors (Lipinski definition) is 1. The van der Waals surface area contributed by atoms with E-state index in [9.17, 15) is 8.42 Å². The van der Waals surface area contributed by atoms with Crippen LogP contribution >= 0.6 is 0 Å². The molecular formula is C11H25N3O2S. The van der Waals surface area contributed by atoms with Crippen molar-refractivity contribution in [2.24, 2.45) is 0 Å². The molecule has 5 nitrogen and oxygen atoms in total. The Morgan fingerprint density at radius 3 is 2.24 bits per heavy atom. The van der Waals surface area contributed by atoms with Gasteiger partial charge in [0.1, 0.15) is 0 Å². The van der Waals surface area contributed by atoms with E-state index in [1.165, 1.54) is 0 Å². The van der Waals surface area contributed by atoms with Crippen LogP contribution < -0.4 is 5.32 Å². The van der Waals surface area contributed by atoms with E-state index in [-0.39, 0.29) is 17.8 Å². The quantitative estimate of drug-likeness (QED) is 0.707. The molecular weight excluding hydrogens is 238 g/mol. The largest absolute Gasteiger partial charge is 0.316 e. The molecule has 0 aromatic heterocycles. The first-order valence-corrected chi connectivity index (χ1v) is 7.90. The Kier molecular flexibility index (Phi) is 5.37. The third kappa shape index (κ3) is 3.91. The second-order valence-corrected chi connectivity index (χ2v) is 6.94. The van der Waals surface area contributed by atoms with E-state index in [4.69, 9.17) is 0 Å². The van der Waals surface area contributed by atoms with Crippen LogP contribution in [0.3, 0.4) is 0 Å². The van der Waals surface area contributed by atoms with Crippen LogP contribution in [0.5, 0.6) is 0 Å². The van der Waals surface area contributed by atoms with E-state index in [0.29, 0.717) is 19.6 Å². The van der Waals surface area contributed by atoms with E-state index < -0.39 is 10.0 Å². The topological polar surface area (TPSA) is 52.7 Å². The molecule has 102 valence electrons. The van der Waals surface area contributed by atoms with Crippen LogP contribution in [0.2, 0.25) is 0 Å². The normalized spacial score (nSPS) is 28.5.